The number of fused-ring (bicyclic) bond motifs is 1. The molecule has 0 aromatic heterocycles. The third-order valence-electron chi connectivity index (χ3n) is 4.98. The highest BCUT2D eigenvalue weighted by atomic mass is 19.1. The fourth-order valence-corrected chi connectivity index (χ4v) is 3.69. The SMILES string of the molecule is O=C(O)C[C@@H]1CCc2cc(Oc3cccc(-c4ccc(F)cc4)c3)ccc21. The van der Waals surface area contributed by atoms with Crippen molar-refractivity contribution in [3.05, 3.63) is 83.7 Å². The van der Waals surface area contributed by atoms with Gasteiger partial charge >= 0.3 is 5.97 Å². The summed E-state index contributed by atoms with van der Waals surface area (Å²) >= 11 is 0. The largest absolute Gasteiger partial charge is 0.481 e. The standard InChI is InChI=1S/C23H19FO3/c24-19-8-6-15(7-9-19)16-2-1-3-20(12-16)27-21-10-11-22-17(13-21)4-5-18(22)14-23(25)26/h1-3,6-13,18H,4-5,14H2,(H,25,26)/t18-/m0/s1. The van der Waals surface area contributed by atoms with Crippen LogP contribution in [0.2, 0.25) is 0 Å². The van der Waals surface area contributed by atoms with Gasteiger partial charge in [-0.3, -0.25) is 4.79 Å². The van der Waals surface area contributed by atoms with Gasteiger partial charge in [-0.25, -0.2) is 4.39 Å². The highest BCUT2D eigenvalue weighted by molar-refractivity contribution is 5.68. The summed E-state index contributed by atoms with van der Waals surface area (Å²) in [5.41, 5.74) is 4.15. The monoisotopic (exact) mass is 362 g/mol. The number of halogens is 1. The topological polar surface area (TPSA) is 46.5 Å². The van der Waals surface area contributed by atoms with Crippen molar-refractivity contribution >= 4 is 5.97 Å². The molecule has 0 bridgehead atoms. The van der Waals surface area contributed by atoms with Crippen molar-refractivity contribution in [2.45, 2.75) is 25.2 Å². The molecule has 0 saturated carbocycles. The molecule has 3 nitrogen and oxygen atoms in total. The molecule has 4 rings (SSSR count). The maximum Gasteiger partial charge on any atom is 0.303 e. The van der Waals surface area contributed by atoms with Crippen LogP contribution in [0, 0.1) is 5.82 Å². The number of carbonyl (C=O) groups is 1. The Hall–Kier alpha value is -3.14. The average Bonchev–Trinajstić information content (AvgIpc) is 3.04. The molecule has 27 heavy (non-hydrogen) atoms. The number of hydrogen-bond donors (Lipinski definition) is 1. The van der Waals surface area contributed by atoms with Crippen LogP contribution in [0.3, 0.4) is 0 Å². The van der Waals surface area contributed by atoms with Crippen molar-refractivity contribution in [2.75, 3.05) is 0 Å². The van der Waals surface area contributed by atoms with E-state index in [1.807, 2.05) is 42.5 Å². The van der Waals surface area contributed by atoms with Crippen LogP contribution in [0.25, 0.3) is 11.1 Å². The van der Waals surface area contributed by atoms with Gasteiger partial charge in [-0.15, -0.1) is 0 Å². The molecule has 136 valence electrons. The van der Waals surface area contributed by atoms with Gasteiger partial charge in [0.25, 0.3) is 0 Å². The molecule has 1 aliphatic carbocycles. The molecule has 3 aromatic rings. The van der Waals surface area contributed by atoms with Gasteiger partial charge in [0.1, 0.15) is 17.3 Å². The van der Waals surface area contributed by atoms with Crippen LogP contribution >= 0.6 is 0 Å². The van der Waals surface area contributed by atoms with E-state index in [0.717, 1.165) is 40.8 Å². The molecule has 0 heterocycles. The summed E-state index contributed by atoms with van der Waals surface area (Å²) in [6.07, 6.45) is 1.91. The minimum Gasteiger partial charge on any atom is -0.481 e. The van der Waals surface area contributed by atoms with Gasteiger partial charge in [0, 0.05) is 0 Å². The Morgan fingerprint density at radius 3 is 2.56 bits per heavy atom. The third-order valence-corrected chi connectivity index (χ3v) is 4.98. The predicted molar refractivity (Wildman–Crippen MR) is 102 cm³/mol. The molecule has 0 fully saturated rings. The normalized spacial score (nSPS) is 15.4. The van der Waals surface area contributed by atoms with Gasteiger partial charge in [0.2, 0.25) is 0 Å². The number of carboxylic acid groups (broad SMARTS) is 1. The number of hydrogen-bond acceptors (Lipinski definition) is 2. The summed E-state index contributed by atoms with van der Waals surface area (Å²) in [7, 11) is 0. The van der Waals surface area contributed by atoms with Gasteiger partial charge in [-0.1, -0.05) is 30.3 Å². The number of rotatable bonds is 5. The lowest BCUT2D eigenvalue weighted by molar-refractivity contribution is -0.137. The average molecular weight is 362 g/mol. The van der Waals surface area contributed by atoms with Gasteiger partial charge in [0.05, 0.1) is 6.42 Å². The Balaban J connectivity index is 1.54. The maximum atomic E-state index is 13.1. The summed E-state index contributed by atoms with van der Waals surface area (Å²) in [6.45, 7) is 0. The van der Waals surface area contributed by atoms with Crippen LogP contribution in [0.4, 0.5) is 4.39 Å². The second kappa shape index (κ2) is 7.23. The first-order valence-corrected chi connectivity index (χ1v) is 8.97. The minimum absolute atomic E-state index is 0.0911. The van der Waals surface area contributed by atoms with E-state index in [2.05, 4.69) is 0 Å². The first-order chi connectivity index (χ1) is 13.1. The third kappa shape index (κ3) is 3.85. The van der Waals surface area contributed by atoms with Crippen LogP contribution < -0.4 is 4.74 Å². The number of carboxylic acids is 1. The second-order valence-corrected chi connectivity index (χ2v) is 6.83. The van der Waals surface area contributed by atoms with Crippen LogP contribution in [0.1, 0.15) is 29.9 Å². The second-order valence-electron chi connectivity index (χ2n) is 6.83. The summed E-state index contributed by atoms with van der Waals surface area (Å²) in [6, 6.07) is 19.9. The van der Waals surface area contributed by atoms with E-state index in [-0.39, 0.29) is 18.2 Å². The molecule has 0 unspecified atom stereocenters. The molecular weight excluding hydrogens is 343 g/mol. The lowest BCUT2D eigenvalue weighted by Gasteiger charge is -2.11. The summed E-state index contributed by atoms with van der Waals surface area (Å²) in [4.78, 5) is 11.0. The minimum atomic E-state index is -0.759. The fraction of sp³-hybridized carbons (Fsp3) is 0.174. The highest BCUT2D eigenvalue weighted by Gasteiger charge is 2.24. The van der Waals surface area contributed by atoms with E-state index in [4.69, 9.17) is 9.84 Å². The zero-order valence-corrected chi connectivity index (χ0v) is 14.7. The first kappa shape index (κ1) is 17.3. The summed E-state index contributed by atoms with van der Waals surface area (Å²) < 4.78 is 19.1. The van der Waals surface area contributed by atoms with Crippen molar-refractivity contribution < 1.29 is 19.0 Å². The van der Waals surface area contributed by atoms with E-state index in [1.165, 1.54) is 12.1 Å². The van der Waals surface area contributed by atoms with E-state index in [9.17, 15) is 9.18 Å². The molecule has 0 aliphatic heterocycles. The zero-order valence-electron chi connectivity index (χ0n) is 14.7. The van der Waals surface area contributed by atoms with Crippen LogP contribution in [-0.2, 0) is 11.2 Å². The van der Waals surface area contributed by atoms with E-state index >= 15 is 0 Å². The highest BCUT2D eigenvalue weighted by Crippen LogP contribution is 2.38. The lowest BCUT2D eigenvalue weighted by atomic mass is 9.98. The Morgan fingerprint density at radius 2 is 1.78 bits per heavy atom. The van der Waals surface area contributed by atoms with Crippen molar-refractivity contribution in [1.29, 1.82) is 0 Å². The first-order valence-electron chi connectivity index (χ1n) is 8.97. The smallest absolute Gasteiger partial charge is 0.303 e. The van der Waals surface area contributed by atoms with Gasteiger partial charge in [-0.2, -0.15) is 0 Å². The van der Waals surface area contributed by atoms with Gasteiger partial charge < -0.3 is 9.84 Å². The van der Waals surface area contributed by atoms with E-state index in [0.29, 0.717) is 5.75 Å². The summed E-state index contributed by atoms with van der Waals surface area (Å²) in [5, 5.41) is 9.04. The molecule has 4 heteroatoms. The predicted octanol–water partition coefficient (Wildman–Crippen LogP) is 5.79. The Bertz CT molecular complexity index is 979. The van der Waals surface area contributed by atoms with Gasteiger partial charge in [0.15, 0.2) is 0 Å². The van der Waals surface area contributed by atoms with Crippen LogP contribution in [-0.4, -0.2) is 11.1 Å². The quantitative estimate of drug-likeness (QED) is 0.625. The number of benzene rings is 3. The van der Waals surface area contributed by atoms with Crippen LogP contribution in [0.5, 0.6) is 11.5 Å². The molecule has 1 atom stereocenters. The zero-order chi connectivity index (χ0) is 18.8. The van der Waals surface area contributed by atoms with Crippen LogP contribution in [0.15, 0.2) is 66.7 Å². The number of aryl methyl sites for hydroxylation is 1. The van der Waals surface area contributed by atoms with Crippen molar-refractivity contribution in [2.24, 2.45) is 0 Å². The van der Waals surface area contributed by atoms with Crippen molar-refractivity contribution in [3.8, 4) is 22.6 Å². The van der Waals surface area contributed by atoms with Gasteiger partial charge in [-0.05, 0) is 77.4 Å². The summed E-state index contributed by atoms with van der Waals surface area (Å²) in [5.74, 6) is 0.516. The van der Waals surface area contributed by atoms with E-state index < -0.39 is 5.97 Å². The molecule has 3 aromatic carbocycles. The number of ether oxygens (including phenoxy) is 1. The molecular formula is C23H19FO3. The maximum absolute atomic E-state index is 13.1. The fourth-order valence-electron chi connectivity index (χ4n) is 3.69. The molecule has 0 spiro atoms. The van der Waals surface area contributed by atoms with Crippen molar-refractivity contribution in [3.63, 3.8) is 0 Å². The molecule has 0 amide bonds. The Morgan fingerprint density at radius 1 is 1.00 bits per heavy atom. The molecule has 1 N–H and O–H groups in total. The molecule has 0 saturated heterocycles. The van der Waals surface area contributed by atoms with E-state index in [1.54, 1.807) is 12.1 Å². The Labute approximate surface area is 157 Å². The number of aliphatic carboxylic acids is 1. The Kier molecular flexibility index (Phi) is 4.63. The molecule has 1 aliphatic rings. The lowest BCUT2D eigenvalue weighted by Crippen LogP contribution is -2.02. The molecule has 0 radical (unpaired) electrons. The van der Waals surface area contributed by atoms with Crippen molar-refractivity contribution in [1.82, 2.24) is 0 Å².